The monoisotopic (exact) mass is 352 g/mol. The lowest BCUT2D eigenvalue weighted by Gasteiger charge is -2.14. The van der Waals surface area contributed by atoms with Crippen molar-refractivity contribution in [1.82, 2.24) is 0 Å². The van der Waals surface area contributed by atoms with Gasteiger partial charge in [-0.3, -0.25) is 4.79 Å². The molecule has 0 aliphatic rings. The quantitative estimate of drug-likeness (QED) is 0.829. The second kappa shape index (κ2) is 7.88. The highest BCUT2D eigenvalue weighted by Gasteiger charge is 2.12. The van der Waals surface area contributed by atoms with Gasteiger partial charge in [0.2, 0.25) is 5.91 Å². The zero-order valence-corrected chi connectivity index (χ0v) is 14.3. The number of aryl methyl sites for hydroxylation is 1. The molecule has 2 aromatic carbocycles. The fourth-order valence-corrected chi connectivity index (χ4v) is 2.34. The van der Waals surface area contributed by atoms with Crippen LogP contribution >= 0.6 is 11.6 Å². The number of nitrogens with one attached hydrogen (secondary N) is 2. The maximum atomic E-state index is 13.3. The summed E-state index contributed by atoms with van der Waals surface area (Å²) in [7, 11) is 3.01. The first-order chi connectivity index (χ1) is 11.4. The van der Waals surface area contributed by atoms with E-state index in [2.05, 4.69) is 10.6 Å². The van der Waals surface area contributed by atoms with E-state index in [9.17, 15) is 9.18 Å². The molecule has 24 heavy (non-hydrogen) atoms. The normalized spacial score (nSPS) is 10.2. The summed E-state index contributed by atoms with van der Waals surface area (Å²) in [6.07, 6.45) is 0. The number of amides is 1. The number of halogens is 2. The Hall–Kier alpha value is -2.47. The zero-order valence-electron chi connectivity index (χ0n) is 13.6. The highest BCUT2D eigenvalue weighted by Crippen LogP contribution is 2.35. The number of carbonyl (C=O) groups excluding carboxylic acids is 1. The molecule has 0 fully saturated rings. The van der Waals surface area contributed by atoms with Gasteiger partial charge in [-0.15, -0.1) is 0 Å². The fraction of sp³-hybridized carbons (Fsp3) is 0.235. The lowest BCUT2D eigenvalue weighted by atomic mass is 10.2. The molecule has 2 rings (SSSR count). The van der Waals surface area contributed by atoms with E-state index in [0.29, 0.717) is 27.9 Å². The first-order valence-corrected chi connectivity index (χ1v) is 7.53. The molecule has 7 heteroatoms. The molecular weight excluding hydrogens is 335 g/mol. The third-order valence-electron chi connectivity index (χ3n) is 3.39. The molecule has 0 saturated carbocycles. The van der Waals surface area contributed by atoms with Gasteiger partial charge in [0, 0.05) is 11.8 Å². The largest absolute Gasteiger partial charge is 0.495 e. The third kappa shape index (κ3) is 4.29. The van der Waals surface area contributed by atoms with Crippen molar-refractivity contribution in [2.45, 2.75) is 6.92 Å². The number of benzene rings is 2. The van der Waals surface area contributed by atoms with E-state index in [1.165, 1.54) is 26.4 Å². The second-order valence-electron chi connectivity index (χ2n) is 5.05. The first-order valence-electron chi connectivity index (χ1n) is 7.16. The second-order valence-corrected chi connectivity index (χ2v) is 5.46. The van der Waals surface area contributed by atoms with E-state index in [-0.39, 0.29) is 12.5 Å². The van der Waals surface area contributed by atoms with Gasteiger partial charge in [-0.1, -0.05) is 17.7 Å². The lowest BCUT2D eigenvalue weighted by molar-refractivity contribution is -0.114. The number of ether oxygens (including phenoxy) is 2. The minimum Gasteiger partial charge on any atom is -0.495 e. The molecule has 0 saturated heterocycles. The molecule has 0 aromatic heterocycles. The summed E-state index contributed by atoms with van der Waals surface area (Å²) in [4.78, 5) is 12.1. The van der Waals surface area contributed by atoms with Crippen LogP contribution in [-0.4, -0.2) is 26.7 Å². The fourth-order valence-electron chi connectivity index (χ4n) is 2.10. The maximum Gasteiger partial charge on any atom is 0.243 e. The van der Waals surface area contributed by atoms with E-state index in [1.807, 2.05) is 0 Å². The topological polar surface area (TPSA) is 59.6 Å². The summed E-state index contributed by atoms with van der Waals surface area (Å²) in [6, 6.07) is 7.45. The maximum absolute atomic E-state index is 13.3. The Labute approximate surface area is 144 Å². The molecule has 0 spiro atoms. The molecule has 2 N–H and O–H groups in total. The van der Waals surface area contributed by atoms with Crippen LogP contribution in [0.15, 0.2) is 30.3 Å². The summed E-state index contributed by atoms with van der Waals surface area (Å²) >= 11 is 6.08. The SMILES string of the molecule is COc1cc(OC)c(NCC(=O)Nc2cc(F)ccc2C)cc1Cl. The number of hydrogen-bond donors (Lipinski definition) is 2. The van der Waals surface area contributed by atoms with Crippen LogP contribution in [0.5, 0.6) is 11.5 Å². The number of methoxy groups -OCH3 is 2. The van der Waals surface area contributed by atoms with Crippen molar-refractivity contribution >= 4 is 28.9 Å². The Morgan fingerprint density at radius 3 is 2.50 bits per heavy atom. The van der Waals surface area contributed by atoms with Gasteiger partial charge in [-0.2, -0.15) is 0 Å². The average Bonchev–Trinajstić information content (AvgIpc) is 2.56. The molecule has 2 aromatic rings. The van der Waals surface area contributed by atoms with Gasteiger partial charge in [-0.05, 0) is 30.7 Å². The minimum atomic E-state index is -0.410. The van der Waals surface area contributed by atoms with Crippen molar-refractivity contribution in [3.05, 3.63) is 46.7 Å². The number of carbonyl (C=O) groups is 1. The Morgan fingerprint density at radius 2 is 1.83 bits per heavy atom. The van der Waals surface area contributed by atoms with Crippen LogP contribution in [0.4, 0.5) is 15.8 Å². The Balaban J connectivity index is 2.06. The molecule has 1 amide bonds. The molecule has 0 radical (unpaired) electrons. The standard InChI is InChI=1S/C17H18ClFN2O3/c1-10-4-5-11(19)6-13(10)21-17(22)9-20-14-7-12(18)15(23-2)8-16(14)24-3/h4-8,20H,9H2,1-3H3,(H,21,22). The van der Waals surface area contributed by atoms with Crippen LogP contribution in [0.1, 0.15) is 5.56 Å². The van der Waals surface area contributed by atoms with Crippen molar-refractivity contribution in [1.29, 1.82) is 0 Å². The van der Waals surface area contributed by atoms with E-state index in [0.717, 1.165) is 5.56 Å². The summed E-state index contributed by atoms with van der Waals surface area (Å²) in [5.74, 6) is 0.232. The van der Waals surface area contributed by atoms with Crippen molar-refractivity contribution in [2.75, 3.05) is 31.4 Å². The third-order valence-corrected chi connectivity index (χ3v) is 3.68. The van der Waals surface area contributed by atoms with E-state index < -0.39 is 5.82 Å². The summed E-state index contributed by atoms with van der Waals surface area (Å²) < 4.78 is 23.6. The number of anilines is 2. The molecule has 0 atom stereocenters. The van der Waals surface area contributed by atoms with Crippen LogP contribution in [-0.2, 0) is 4.79 Å². The molecule has 0 bridgehead atoms. The highest BCUT2D eigenvalue weighted by molar-refractivity contribution is 6.32. The Morgan fingerprint density at radius 1 is 1.12 bits per heavy atom. The van der Waals surface area contributed by atoms with Crippen LogP contribution in [0.3, 0.4) is 0 Å². The van der Waals surface area contributed by atoms with Crippen molar-refractivity contribution in [3.63, 3.8) is 0 Å². The lowest BCUT2D eigenvalue weighted by Crippen LogP contribution is -2.22. The van der Waals surface area contributed by atoms with Crippen molar-refractivity contribution < 1.29 is 18.7 Å². The van der Waals surface area contributed by atoms with Crippen molar-refractivity contribution in [2.24, 2.45) is 0 Å². The van der Waals surface area contributed by atoms with Gasteiger partial charge in [-0.25, -0.2) is 4.39 Å². The minimum absolute atomic E-state index is 0.0328. The van der Waals surface area contributed by atoms with Crippen LogP contribution in [0.2, 0.25) is 5.02 Å². The average molecular weight is 353 g/mol. The van der Waals surface area contributed by atoms with Gasteiger partial charge in [0.15, 0.2) is 0 Å². The smallest absolute Gasteiger partial charge is 0.243 e. The Bertz CT molecular complexity index is 753. The molecule has 128 valence electrons. The Kier molecular flexibility index (Phi) is 5.87. The molecule has 0 aliphatic carbocycles. The van der Waals surface area contributed by atoms with Gasteiger partial charge in [0.1, 0.15) is 17.3 Å². The molecule has 5 nitrogen and oxygen atoms in total. The van der Waals surface area contributed by atoms with Crippen molar-refractivity contribution in [3.8, 4) is 11.5 Å². The predicted molar refractivity (Wildman–Crippen MR) is 92.8 cm³/mol. The van der Waals surface area contributed by atoms with Crippen LogP contribution in [0, 0.1) is 12.7 Å². The van der Waals surface area contributed by atoms with E-state index >= 15 is 0 Å². The molecular formula is C17H18ClFN2O3. The van der Waals surface area contributed by atoms with E-state index in [4.69, 9.17) is 21.1 Å². The van der Waals surface area contributed by atoms with E-state index in [1.54, 1.807) is 25.1 Å². The van der Waals surface area contributed by atoms with Gasteiger partial charge >= 0.3 is 0 Å². The number of hydrogen-bond acceptors (Lipinski definition) is 4. The first kappa shape index (κ1) is 17.9. The predicted octanol–water partition coefficient (Wildman–Crippen LogP) is 3.86. The zero-order chi connectivity index (χ0) is 17.7. The summed E-state index contributed by atoms with van der Waals surface area (Å²) in [5.41, 5.74) is 1.76. The van der Waals surface area contributed by atoms with Gasteiger partial charge < -0.3 is 20.1 Å². The van der Waals surface area contributed by atoms with Gasteiger partial charge in [0.05, 0.1) is 31.5 Å². The molecule has 0 unspecified atom stereocenters. The van der Waals surface area contributed by atoms with Crippen LogP contribution in [0.25, 0.3) is 0 Å². The molecule has 0 heterocycles. The van der Waals surface area contributed by atoms with Crippen LogP contribution < -0.4 is 20.1 Å². The molecule has 0 aliphatic heterocycles. The summed E-state index contributed by atoms with van der Waals surface area (Å²) in [6.45, 7) is 1.75. The number of rotatable bonds is 6. The van der Waals surface area contributed by atoms with Gasteiger partial charge in [0.25, 0.3) is 0 Å². The summed E-state index contributed by atoms with van der Waals surface area (Å²) in [5, 5.41) is 5.99. The highest BCUT2D eigenvalue weighted by atomic mass is 35.5.